The molecule has 0 unspecified atom stereocenters. The molecule has 0 aromatic carbocycles. The summed E-state index contributed by atoms with van der Waals surface area (Å²) in [5.41, 5.74) is 0. The molecular weight excluding hydrogens is 374 g/mol. The second-order valence-electron chi connectivity index (χ2n) is 4.32. The van der Waals surface area contributed by atoms with E-state index in [0.29, 0.717) is 5.82 Å². The van der Waals surface area contributed by atoms with Crippen molar-refractivity contribution in [2.75, 3.05) is 11.9 Å². The molecule has 0 aliphatic carbocycles. The Bertz CT molecular complexity index is 684. The monoisotopic (exact) mass is 389 g/mol. The Morgan fingerprint density at radius 3 is 2.71 bits per heavy atom. The molecule has 0 aliphatic rings. The van der Waals surface area contributed by atoms with Gasteiger partial charge in [-0.25, -0.2) is 18.1 Å². The van der Waals surface area contributed by atoms with Gasteiger partial charge in [0, 0.05) is 28.6 Å². The molecule has 0 atom stereocenters. The van der Waals surface area contributed by atoms with Crippen molar-refractivity contribution in [3.05, 3.63) is 39.1 Å². The Hall–Kier alpha value is -0.960. The number of thiophene rings is 1. The molecule has 0 saturated carbocycles. The van der Waals surface area contributed by atoms with E-state index in [9.17, 15) is 8.42 Å². The molecule has 0 amide bonds. The summed E-state index contributed by atoms with van der Waals surface area (Å²) >= 11 is 4.88. The van der Waals surface area contributed by atoms with Gasteiger partial charge in [0.15, 0.2) is 0 Å². The van der Waals surface area contributed by atoms with Crippen molar-refractivity contribution < 1.29 is 8.42 Å². The summed E-state index contributed by atoms with van der Waals surface area (Å²) in [5, 5.41) is 5.01. The van der Waals surface area contributed by atoms with Crippen molar-refractivity contribution in [2.45, 2.75) is 24.8 Å². The molecule has 21 heavy (non-hydrogen) atoms. The van der Waals surface area contributed by atoms with Crippen LogP contribution in [-0.4, -0.2) is 19.9 Å². The number of aromatic nitrogens is 1. The first-order valence-electron chi connectivity index (χ1n) is 6.44. The zero-order valence-electron chi connectivity index (χ0n) is 11.5. The average Bonchev–Trinajstić information content (AvgIpc) is 2.89. The van der Waals surface area contributed by atoms with Crippen molar-refractivity contribution in [3.63, 3.8) is 0 Å². The van der Waals surface area contributed by atoms with Crippen molar-refractivity contribution in [2.24, 2.45) is 0 Å². The highest BCUT2D eigenvalue weighted by atomic mass is 79.9. The number of anilines is 1. The van der Waals surface area contributed by atoms with E-state index >= 15 is 0 Å². The summed E-state index contributed by atoms with van der Waals surface area (Å²) < 4.78 is 27.8. The summed E-state index contributed by atoms with van der Waals surface area (Å²) in [6.45, 7) is 3.12. The van der Waals surface area contributed by atoms with Crippen LogP contribution in [0.1, 0.15) is 18.2 Å². The van der Waals surface area contributed by atoms with Gasteiger partial charge in [0.05, 0.1) is 0 Å². The minimum atomic E-state index is -3.54. The minimum Gasteiger partial charge on any atom is -0.370 e. The van der Waals surface area contributed by atoms with E-state index in [1.54, 1.807) is 12.1 Å². The highest BCUT2D eigenvalue weighted by Gasteiger charge is 2.15. The number of hydrogen-bond acceptors (Lipinski definition) is 5. The number of halogens is 1. The van der Waals surface area contributed by atoms with Gasteiger partial charge in [-0.3, -0.25) is 0 Å². The van der Waals surface area contributed by atoms with Gasteiger partial charge in [-0.2, -0.15) is 0 Å². The number of pyridine rings is 1. The lowest BCUT2D eigenvalue weighted by molar-refractivity contribution is 0.581. The lowest BCUT2D eigenvalue weighted by atomic mass is 10.4. The zero-order chi connectivity index (χ0) is 15.3. The van der Waals surface area contributed by atoms with E-state index in [4.69, 9.17) is 0 Å². The van der Waals surface area contributed by atoms with Gasteiger partial charge in [-0.15, -0.1) is 11.3 Å². The smallest absolute Gasteiger partial charge is 0.242 e. The summed E-state index contributed by atoms with van der Waals surface area (Å²) in [4.78, 5) is 5.21. The Kier molecular flexibility index (Phi) is 5.74. The van der Waals surface area contributed by atoms with E-state index in [0.717, 1.165) is 22.3 Å². The number of nitrogens with zero attached hydrogens (tertiary/aromatic N) is 1. The molecule has 0 fully saturated rings. The fourth-order valence-electron chi connectivity index (χ4n) is 1.59. The summed E-state index contributed by atoms with van der Waals surface area (Å²) in [7, 11) is -3.54. The second-order valence-corrected chi connectivity index (χ2v) is 7.94. The van der Waals surface area contributed by atoms with Gasteiger partial charge in [0.1, 0.15) is 10.7 Å². The van der Waals surface area contributed by atoms with Crippen LogP contribution in [0.5, 0.6) is 0 Å². The Balaban J connectivity index is 2.03. The fraction of sp³-hybridized carbons (Fsp3) is 0.308. The van der Waals surface area contributed by atoms with Gasteiger partial charge in [0.2, 0.25) is 10.0 Å². The highest BCUT2D eigenvalue weighted by molar-refractivity contribution is 9.10. The Morgan fingerprint density at radius 2 is 2.14 bits per heavy atom. The molecule has 8 heteroatoms. The predicted molar refractivity (Wildman–Crippen MR) is 89.1 cm³/mol. The molecule has 5 nitrogen and oxygen atoms in total. The van der Waals surface area contributed by atoms with Gasteiger partial charge >= 0.3 is 0 Å². The molecule has 0 radical (unpaired) electrons. The number of sulfonamides is 1. The molecule has 2 aromatic rings. The molecule has 2 rings (SSSR count). The van der Waals surface area contributed by atoms with Crippen LogP contribution in [-0.2, 0) is 16.6 Å². The third-order valence-electron chi connectivity index (χ3n) is 2.72. The van der Waals surface area contributed by atoms with Crippen molar-refractivity contribution >= 4 is 43.1 Å². The van der Waals surface area contributed by atoms with E-state index in [2.05, 4.69) is 37.9 Å². The van der Waals surface area contributed by atoms with Crippen LogP contribution in [0.4, 0.5) is 5.82 Å². The van der Waals surface area contributed by atoms with Crippen LogP contribution in [0.25, 0.3) is 0 Å². The molecule has 0 saturated heterocycles. The van der Waals surface area contributed by atoms with Crippen molar-refractivity contribution in [3.8, 4) is 0 Å². The zero-order valence-corrected chi connectivity index (χ0v) is 14.7. The first kappa shape index (κ1) is 16.4. The van der Waals surface area contributed by atoms with Crippen molar-refractivity contribution in [1.82, 2.24) is 9.71 Å². The van der Waals surface area contributed by atoms with E-state index in [-0.39, 0.29) is 11.4 Å². The summed E-state index contributed by atoms with van der Waals surface area (Å²) in [6, 6.07) is 5.12. The molecule has 0 spiro atoms. The lowest BCUT2D eigenvalue weighted by Crippen LogP contribution is -2.23. The van der Waals surface area contributed by atoms with Gasteiger partial charge in [0.25, 0.3) is 0 Å². The third kappa shape index (κ3) is 4.50. The predicted octanol–water partition coefficient (Wildman–Crippen LogP) is 3.21. The van der Waals surface area contributed by atoms with Crippen LogP contribution < -0.4 is 10.0 Å². The second kappa shape index (κ2) is 7.35. The molecule has 114 valence electrons. The molecular formula is C13H16BrN3O2S2. The Morgan fingerprint density at radius 1 is 1.33 bits per heavy atom. The maximum atomic E-state index is 12.2. The van der Waals surface area contributed by atoms with E-state index in [1.165, 1.54) is 17.5 Å². The van der Waals surface area contributed by atoms with Gasteiger partial charge in [-0.05, 0) is 45.9 Å². The molecule has 2 aromatic heterocycles. The summed E-state index contributed by atoms with van der Waals surface area (Å²) in [6.07, 6.45) is 2.35. The Labute approximate surface area is 137 Å². The number of nitrogens with one attached hydrogen (secondary N) is 2. The third-order valence-corrected chi connectivity index (χ3v) is 6.03. The first-order chi connectivity index (χ1) is 10.0. The maximum Gasteiger partial charge on any atom is 0.242 e. The first-order valence-corrected chi connectivity index (χ1v) is 9.60. The quantitative estimate of drug-likeness (QED) is 0.762. The van der Waals surface area contributed by atoms with Gasteiger partial charge in [-0.1, -0.05) is 6.92 Å². The van der Waals surface area contributed by atoms with Crippen LogP contribution >= 0.6 is 27.3 Å². The standard InChI is InChI=1S/C13H16BrN3O2S2/c1-2-6-15-13-4-3-10(8-16-13)21(18,19)17-9-12-11(14)5-7-20-12/h3-5,7-8,17H,2,6,9H2,1H3,(H,15,16). The average molecular weight is 390 g/mol. The van der Waals surface area contributed by atoms with Crippen LogP contribution in [0.15, 0.2) is 39.1 Å². The lowest BCUT2D eigenvalue weighted by Gasteiger charge is -2.07. The van der Waals surface area contributed by atoms with Crippen LogP contribution in [0, 0.1) is 0 Å². The minimum absolute atomic E-state index is 0.164. The SMILES string of the molecule is CCCNc1ccc(S(=O)(=O)NCc2sccc2Br)cn1. The largest absolute Gasteiger partial charge is 0.370 e. The van der Waals surface area contributed by atoms with Crippen molar-refractivity contribution in [1.29, 1.82) is 0 Å². The van der Waals surface area contributed by atoms with E-state index < -0.39 is 10.0 Å². The molecule has 0 bridgehead atoms. The number of hydrogen-bond donors (Lipinski definition) is 2. The highest BCUT2D eigenvalue weighted by Crippen LogP contribution is 2.23. The van der Waals surface area contributed by atoms with Crippen LogP contribution in [0.2, 0.25) is 0 Å². The van der Waals surface area contributed by atoms with E-state index in [1.807, 2.05) is 11.4 Å². The topological polar surface area (TPSA) is 71.1 Å². The maximum absolute atomic E-state index is 12.2. The fourth-order valence-corrected chi connectivity index (χ4v) is 4.06. The summed E-state index contributed by atoms with van der Waals surface area (Å²) in [5.74, 6) is 0.678. The molecule has 2 N–H and O–H groups in total. The number of rotatable bonds is 7. The van der Waals surface area contributed by atoms with Crippen LogP contribution in [0.3, 0.4) is 0 Å². The van der Waals surface area contributed by atoms with Gasteiger partial charge < -0.3 is 5.32 Å². The molecule has 0 aliphatic heterocycles. The normalized spacial score (nSPS) is 11.5. The molecule has 2 heterocycles.